The minimum absolute atomic E-state index is 0.0265. The molecule has 2 aromatic carbocycles. The van der Waals surface area contributed by atoms with Crippen molar-refractivity contribution in [3.63, 3.8) is 0 Å². The number of hydrogen-bond acceptors (Lipinski definition) is 3. The van der Waals surface area contributed by atoms with Crippen molar-refractivity contribution in [1.29, 1.82) is 0 Å². The van der Waals surface area contributed by atoms with E-state index in [1.807, 2.05) is 42.5 Å². The van der Waals surface area contributed by atoms with Crippen LogP contribution in [0.1, 0.15) is 41.1 Å². The number of amides is 1. The molecule has 2 aliphatic heterocycles. The maximum atomic E-state index is 13.2. The first-order valence-electron chi connectivity index (χ1n) is 9.88. The number of hydrogen-bond donors (Lipinski definition) is 1. The van der Waals surface area contributed by atoms with Gasteiger partial charge in [0.25, 0.3) is 0 Å². The number of halogens is 1. The molecular formula is C23H25ClN2O2. The van der Waals surface area contributed by atoms with Crippen LogP contribution in [0, 0.1) is 5.92 Å². The van der Waals surface area contributed by atoms with Crippen LogP contribution in [-0.4, -0.2) is 42.3 Å². The van der Waals surface area contributed by atoms with Crippen molar-refractivity contribution >= 4 is 23.3 Å². The normalized spacial score (nSPS) is 26.8. The Bertz CT molecular complexity index is 853. The quantitative estimate of drug-likeness (QED) is 0.779. The van der Waals surface area contributed by atoms with E-state index >= 15 is 0 Å². The fourth-order valence-corrected chi connectivity index (χ4v) is 5.01. The smallest absolute Gasteiger partial charge is 0.225 e. The molecule has 1 N–H and O–H groups in total. The monoisotopic (exact) mass is 396 g/mol. The van der Waals surface area contributed by atoms with E-state index < -0.39 is 0 Å². The lowest BCUT2D eigenvalue weighted by Crippen LogP contribution is -2.52. The van der Waals surface area contributed by atoms with Gasteiger partial charge in [0, 0.05) is 22.7 Å². The van der Waals surface area contributed by atoms with E-state index in [0.29, 0.717) is 16.6 Å². The molecule has 2 aromatic rings. The number of ketones is 1. The highest BCUT2D eigenvalue weighted by atomic mass is 35.5. The number of fused-ring (bicyclic) bond motifs is 2. The molecule has 0 aromatic heterocycles. The summed E-state index contributed by atoms with van der Waals surface area (Å²) >= 11 is 6.06. The number of piperidine rings is 1. The first kappa shape index (κ1) is 19.2. The molecule has 2 bridgehead atoms. The van der Waals surface area contributed by atoms with E-state index in [0.717, 1.165) is 24.8 Å². The highest BCUT2D eigenvalue weighted by Crippen LogP contribution is 2.46. The van der Waals surface area contributed by atoms with Gasteiger partial charge in [0.2, 0.25) is 5.91 Å². The summed E-state index contributed by atoms with van der Waals surface area (Å²) in [6, 6.07) is 17.7. The van der Waals surface area contributed by atoms with Gasteiger partial charge in [-0.05, 0) is 49.9 Å². The van der Waals surface area contributed by atoms with Crippen LogP contribution < -0.4 is 5.32 Å². The summed E-state index contributed by atoms with van der Waals surface area (Å²) in [5.41, 5.74) is 1.78. The molecule has 2 heterocycles. The van der Waals surface area contributed by atoms with E-state index in [1.54, 1.807) is 12.1 Å². The van der Waals surface area contributed by atoms with Gasteiger partial charge < -0.3 is 5.32 Å². The van der Waals surface area contributed by atoms with Gasteiger partial charge in [-0.2, -0.15) is 0 Å². The van der Waals surface area contributed by atoms with Gasteiger partial charge in [0.05, 0.1) is 12.5 Å². The van der Waals surface area contributed by atoms with E-state index in [9.17, 15) is 9.59 Å². The van der Waals surface area contributed by atoms with Crippen molar-refractivity contribution in [1.82, 2.24) is 10.2 Å². The zero-order valence-corrected chi connectivity index (χ0v) is 16.7. The lowest BCUT2D eigenvalue weighted by atomic mass is 9.75. The molecule has 5 heteroatoms. The molecule has 0 aliphatic carbocycles. The number of carbonyl (C=O) groups excluding carboxylic acids is 2. The summed E-state index contributed by atoms with van der Waals surface area (Å²) in [4.78, 5) is 28.0. The first-order valence-corrected chi connectivity index (χ1v) is 10.3. The SMILES string of the molecule is CN1C2CC[C@@H]1C[C@H](c1ccc(Cl)cc1)C2C(=O)NCC(=O)c1ccccc1. The summed E-state index contributed by atoms with van der Waals surface area (Å²) in [5.74, 6) is -0.0989. The van der Waals surface area contributed by atoms with E-state index in [1.165, 1.54) is 0 Å². The van der Waals surface area contributed by atoms with Gasteiger partial charge in [-0.1, -0.05) is 54.1 Å². The first-order chi connectivity index (χ1) is 13.5. The van der Waals surface area contributed by atoms with Crippen molar-refractivity contribution in [2.24, 2.45) is 5.92 Å². The van der Waals surface area contributed by atoms with E-state index in [2.05, 4.69) is 17.3 Å². The number of nitrogens with one attached hydrogen (secondary N) is 1. The average Bonchev–Trinajstić information content (AvgIpc) is 2.95. The molecule has 2 aliphatic rings. The van der Waals surface area contributed by atoms with Crippen molar-refractivity contribution in [3.05, 3.63) is 70.7 Å². The van der Waals surface area contributed by atoms with Crippen LogP contribution in [0.2, 0.25) is 5.02 Å². The van der Waals surface area contributed by atoms with Crippen LogP contribution >= 0.6 is 11.6 Å². The highest BCUT2D eigenvalue weighted by Gasteiger charge is 2.48. The van der Waals surface area contributed by atoms with Crippen molar-refractivity contribution < 1.29 is 9.59 Å². The van der Waals surface area contributed by atoms with Gasteiger partial charge in [-0.15, -0.1) is 0 Å². The van der Waals surface area contributed by atoms with E-state index in [-0.39, 0.29) is 36.1 Å². The van der Waals surface area contributed by atoms with Crippen LogP contribution in [0.5, 0.6) is 0 Å². The molecule has 2 unspecified atom stereocenters. The van der Waals surface area contributed by atoms with Crippen molar-refractivity contribution in [3.8, 4) is 0 Å². The number of nitrogens with zero attached hydrogens (tertiary/aromatic N) is 1. The van der Waals surface area contributed by atoms with Crippen molar-refractivity contribution in [2.45, 2.75) is 37.3 Å². The molecule has 0 saturated carbocycles. The minimum Gasteiger partial charge on any atom is -0.348 e. The number of carbonyl (C=O) groups is 2. The van der Waals surface area contributed by atoms with Gasteiger partial charge in [0.1, 0.15) is 0 Å². The Morgan fingerprint density at radius 2 is 1.79 bits per heavy atom. The molecule has 0 spiro atoms. The minimum atomic E-state index is -0.159. The van der Waals surface area contributed by atoms with Gasteiger partial charge in [-0.3, -0.25) is 14.5 Å². The Labute approximate surface area is 170 Å². The third-order valence-electron chi connectivity index (χ3n) is 6.39. The molecule has 146 valence electrons. The Kier molecular flexibility index (Phi) is 5.51. The zero-order chi connectivity index (χ0) is 19.7. The molecule has 2 saturated heterocycles. The summed E-state index contributed by atoms with van der Waals surface area (Å²) in [6.07, 6.45) is 3.10. The fraction of sp³-hybridized carbons (Fsp3) is 0.391. The van der Waals surface area contributed by atoms with Crippen LogP contribution in [0.15, 0.2) is 54.6 Å². The summed E-state index contributed by atoms with van der Waals surface area (Å²) in [7, 11) is 2.12. The fourth-order valence-electron chi connectivity index (χ4n) is 4.89. The van der Waals surface area contributed by atoms with Crippen LogP contribution in [0.3, 0.4) is 0 Å². The molecule has 2 fully saturated rings. The van der Waals surface area contributed by atoms with Crippen molar-refractivity contribution in [2.75, 3.05) is 13.6 Å². The van der Waals surface area contributed by atoms with Crippen LogP contribution in [-0.2, 0) is 4.79 Å². The Morgan fingerprint density at radius 3 is 2.50 bits per heavy atom. The summed E-state index contributed by atoms with van der Waals surface area (Å²) < 4.78 is 0. The molecular weight excluding hydrogens is 372 g/mol. The summed E-state index contributed by atoms with van der Waals surface area (Å²) in [5, 5.41) is 3.63. The summed E-state index contributed by atoms with van der Waals surface area (Å²) in [6.45, 7) is 0.0343. The van der Waals surface area contributed by atoms with Gasteiger partial charge in [-0.25, -0.2) is 0 Å². The van der Waals surface area contributed by atoms with Gasteiger partial charge in [0.15, 0.2) is 5.78 Å². The van der Waals surface area contributed by atoms with E-state index in [4.69, 9.17) is 11.6 Å². The largest absolute Gasteiger partial charge is 0.348 e. The molecule has 4 atom stereocenters. The second-order valence-corrected chi connectivity index (χ2v) is 8.33. The predicted octanol–water partition coefficient (Wildman–Crippen LogP) is 3.91. The third-order valence-corrected chi connectivity index (χ3v) is 6.64. The topological polar surface area (TPSA) is 49.4 Å². The maximum absolute atomic E-state index is 13.2. The second kappa shape index (κ2) is 8.06. The lowest BCUT2D eigenvalue weighted by Gasteiger charge is -2.42. The Balaban J connectivity index is 1.52. The number of benzene rings is 2. The van der Waals surface area contributed by atoms with Gasteiger partial charge >= 0.3 is 0 Å². The Hall–Kier alpha value is -2.17. The van der Waals surface area contributed by atoms with Crippen LogP contribution in [0.25, 0.3) is 0 Å². The zero-order valence-electron chi connectivity index (χ0n) is 16.0. The predicted molar refractivity (Wildman–Crippen MR) is 111 cm³/mol. The molecule has 1 amide bonds. The number of Topliss-reactive ketones (excluding diaryl/α,β-unsaturated/α-hetero) is 1. The third kappa shape index (κ3) is 3.71. The molecule has 4 rings (SSSR count). The molecule has 0 radical (unpaired) electrons. The maximum Gasteiger partial charge on any atom is 0.225 e. The second-order valence-electron chi connectivity index (χ2n) is 7.89. The average molecular weight is 397 g/mol. The molecule has 28 heavy (non-hydrogen) atoms. The standard InChI is InChI=1S/C23H25ClN2O2/c1-26-18-11-12-20(26)22(19(13-18)15-7-9-17(24)10-8-15)23(28)25-14-21(27)16-5-3-2-4-6-16/h2-10,18-20,22H,11-14H2,1H3,(H,25,28)/t18-,19-,20?,22?/m1/s1. The van der Waals surface area contributed by atoms with Crippen LogP contribution in [0.4, 0.5) is 0 Å². The molecule has 4 nitrogen and oxygen atoms in total. The Morgan fingerprint density at radius 1 is 1.07 bits per heavy atom. The number of rotatable bonds is 5. The highest BCUT2D eigenvalue weighted by molar-refractivity contribution is 6.30. The lowest BCUT2D eigenvalue weighted by molar-refractivity contribution is -0.129.